The van der Waals surface area contributed by atoms with E-state index in [1.54, 1.807) is 13.8 Å². The lowest BCUT2D eigenvalue weighted by atomic mass is 10.1. The van der Waals surface area contributed by atoms with Gasteiger partial charge in [-0.3, -0.25) is 13.9 Å². The number of nitrogens with one attached hydrogen (secondary N) is 1. The fourth-order valence-electron chi connectivity index (χ4n) is 3.96. The predicted octanol–water partition coefficient (Wildman–Crippen LogP) is 4.75. The molecule has 41 heavy (non-hydrogen) atoms. The van der Waals surface area contributed by atoms with Gasteiger partial charge in [-0.2, -0.15) is 0 Å². The van der Waals surface area contributed by atoms with Crippen LogP contribution in [0.1, 0.15) is 33.3 Å². The van der Waals surface area contributed by atoms with Crippen molar-refractivity contribution in [2.24, 2.45) is 5.92 Å². The molecule has 1 N–H and O–H groups in total. The van der Waals surface area contributed by atoms with Crippen LogP contribution in [0.4, 0.5) is 14.5 Å². The van der Waals surface area contributed by atoms with E-state index in [9.17, 15) is 26.8 Å². The van der Waals surface area contributed by atoms with Gasteiger partial charge in [0.15, 0.2) is 0 Å². The van der Waals surface area contributed by atoms with Crippen LogP contribution in [0.25, 0.3) is 0 Å². The van der Waals surface area contributed by atoms with E-state index < -0.39 is 46.1 Å². The van der Waals surface area contributed by atoms with E-state index in [1.165, 1.54) is 65.6 Å². The quantitative estimate of drug-likeness (QED) is 0.312. The average molecular weight is 588 g/mol. The zero-order valence-electron chi connectivity index (χ0n) is 23.5. The lowest BCUT2D eigenvalue weighted by Crippen LogP contribution is -2.51. The van der Waals surface area contributed by atoms with Gasteiger partial charge < -0.3 is 15.0 Å². The van der Waals surface area contributed by atoms with E-state index in [2.05, 4.69) is 5.32 Å². The van der Waals surface area contributed by atoms with E-state index in [0.29, 0.717) is 24.5 Å². The minimum absolute atomic E-state index is 0.0623. The summed E-state index contributed by atoms with van der Waals surface area (Å²) in [6, 6.07) is 14.9. The van der Waals surface area contributed by atoms with Crippen LogP contribution in [0.3, 0.4) is 0 Å². The second-order valence-corrected chi connectivity index (χ2v) is 11.7. The highest BCUT2D eigenvalue weighted by atomic mass is 32.2. The van der Waals surface area contributed by atoms with Crippen LogP contribution < -0.4 is 14.4 Å². The van der Waals surface area contributed by atoms with E-state index in [-0.39, 0.29) is 23.0 Å². The second kappa shape index (κ2) is 14.1. The first kappa shape index (κ1) is 31.5. The Morgan fingerprint density at radius 2 is 1.44 bits per heavy atom. The number of nitrogens with zero attached hydrogens (tertiary/aromatic N) is 2. The van der Waals surface area contributed by atoms with Gasteiger partial charge in [-0.25, -0.2) is 17.2 Å². The summed E-state index contributed by atoms with van der Waals surface area (Å²) in [5.41, 5.74) is 0.609. The maximum absolute atomic E-state index is 13.8. The molecule has 0 fully saturated rings. The van der Waals surface area contributed by atoms with Crippen molar-refractivity contribution in [3.8, 4) is 5.75 Å². The number of benzene rings is 3. The zero-order valence-corrected chi connectivity index (χ0v) is 24.3. The molecule has 1 atom stereocenters. The molecule has 3 rings (SSSR count). The number of ether oxygens (including phenoxy) is 1. The van der Waals surface area contributed by atoms with Crippen LogP contribution in [0.15, 0.2) is 77.7 Å². The Hall–Kier alpha value is -3.99. The van der Waals surface area contributed by atoms with Gasteiger partial charge in [0.2, 0.25) is 11.8 Å². The molecule has 0 aliphatic heterocycles. The molecule has 1 unspecified atom stereocenters. The second-order valence-electron chi connectivity index (χ2n) is 9.86. The van der Waals surface area contributed by atoms with E-state index in [1.807, 2.05) is 13.8 Å². The van der Waals surface area contributed by atoms with Crippen molar-refractivity contribution in [3.63, 3.8) is 0 Å². The first-order valence-corrected chi connectivity index (χ1v) is 14.7. The van der Waals surface area contributed by atoms with Crippen molar-refractivity contribution in [2.45, 2.75) is 45.2 Å². The average Bonchev–Trinajstić information content (AvgIpc) is 2.94. The van der Waals surface area contributed by atoms with E-state index >= 15 is 0 Å². The number of amides is 2. The summed E-state index contributed by atoms with van der Waals surface area (Å²) in [5, 5.41) is 2.80. The smallest absolute Gasteiger partial charge is 0.264 e. The van der Waals surface area contributed by atoms with Gasteiger partial charge in [-0.05, 0) is 86.0 Å². The number of carbonyl (C=O) groups is 2. The third-order valence-electron chi connectivity index (χ3n) is 6.23. The Morgan fingerprint density at radius 3 is 1.98 bits per heavy atom. The van der Waals surface area contributed by atoms with Crippen LogP contribution in [-0.2, 0) is 26.2 Å². The Labute approximate surface area is 240 Å². The highest BCUT2D eigenvalue weighted by Crippen LogP contribution is 2.26. The van der Waals surface area contributed by atoms with Crippen LogP contribution in [0.5, 0.6) is 5.75 Å². The maximum Gasteiger partial charge on any atom is 0.264 e. The largest absolute Gasteiger partial charge is 0.494 e. The molecule has 2 amide bonds. The Balaban J connectivity index is 1.99. The first-order valence-electron chi connectivity index (χ1n) is 13.2. The summed E-state index contributed by atoms with van der Waals surface area (Å²) < 4.78 is 61.2. The van der Waals surface area contributed by atoms with Gasteiger partial charge in [0.05, 0.1) is 17.2 Å². The molecular weight excluding hydrogens is 552 g/mol. The molecule has 0 saturated carbocycles. The fourth-order valence-corrected chi connectivity index (χ4v) is 5.37. The predicted molar refractivity (Wildman–Crippen MR) is 153 cm³/mol. The molecule has 0 saturated heterocycles. The summed E-state index contributed by atoms with van der Waals surface area (Å²) in [4.78, 5) is 28.0. The maximum atomic E-state index is 13.8. The molecule has 0 aliphatic rings. The van der Waals surface area contributed by atoms with Crippen molar-refractivity contribution in [1.82, 2.24) is 10.2 Å². The highest BCUT2D eigenvalue weighted by molar-refractivity contribution is 7.92. The molecule has 0 radical (unpaired) electrons. The lowest BCUT2D eigenvalue weighted by molar-refractivity contribution is -0.139. The molecule has 3 aromatic carbocycles. The Kier molecular flexibility index (Phi) is 10.8. The molecule has 11 heteroatoms. The normalized spacial score (nSPS) is 12.1. The van der Waals surface area contributed by atoms with Gasteiger partial charge in [0.25, 0.3) is 10.0 Å². The Bertz CT molecular complexity index is 1410. The third kappa shape index (κ3) is 8.50. The Morgan fingerprint density at radius 1 is 0.878 bits per heavy atom. The molecular formula is C30H35F2N3O5S. The summed E-state index contributed by atoms with van der Waals surface area (Å²) >= 11 is 0. The van der Waals surface area contributed by atoms with Crippen molar-refractivity contribution >= 4 is 27.5 Å². The van der Waals surface area contributed by atoms with Crippen LogP contribution in [0.2, 0.25) is 0 Å². The highest BCUT2D eigenvalue weighted by Gasteiger charge is 2.32. The number of hydrogen-bond acceptors (Lipinski definition) is 5. The van der Waals surface area contributed by atoms with E-state index in [0.717, 1.165) is 16.4 Å². The number of halogens is 2. The SMILES string of the molecule is CCOc1ccc(S(=O)(=O)N(CC(=O)N(Cc2ccc(F)cc2)C(C)C(=O)NCC(C)C)c2ccc(F)cc2)cc1. The van der Waals surface area contributed by atoms with Crippen LogP contribution >= 0.6 is 0 Å². The van der Waals surface area contributed by atoms with Crippen LogP contribution in [-0.4, -0.2) is 50.9 Å². The number of sulfonamides is 1. The number of carbonyl (C=O) groups excluding carboxylic acids is 2. The lowest BCUT2D eigenvalue weighted by Gasteiger charge is -2.32. The minimum atomic E-state index is -4.32. The van der Waals surface area contributed by atoms with Crippen molar-refractivity contribution in [3.05, 3.63) is 90.0 Å². The van der Waals surface area contributed by atoms with Gasteiger partial charge in [-0.15, -0.1) is 0 Å². The van der Waals surface area contributed by atoms with E-state index in [4.69, 9.17) is 4.74 Å². The molecule has 8 nitrogen and oxygen atoms in total. The first-order chi connectivity index (χ1) is 19.4. The van der Waals surface area contributed by atoms with Crippen molar-refractivity contribution in [2.75, 3.05) is 24.0 Å². The van der Waals surface area contributed by atoms with Gasteiger partial charge in [0, 0.05) is 13.1 Å². The van der Waals surface area contributed by atoms with Gasteiger partial charge in [-0.1, -0.05) is 26.0 Å². The standard InChI is InChI=1S/C30H35F2N3O5S/c1-5-40-27-14-16-28(17-15-27)41(38,39)35(26-12-10-25(32)11-13-26)20-29(36)34(19-23-6-8-24(31)9-7-23)22(4)30(37)33-18-21(2)3/h6-17,21-22H,5,18-20H2,1-4H3,(H,33,37). The van der Waals surface area contributed by atoms with Gasteiger partial charge in [0.1, 0.15) is 30.0 Å². The summed E-state index contributed by atoms with van der Waals surface area (Å²) in [7, 11) is -4.32. The van der Waals surface area contributed by atoms with Crippen molar-refractivity contribution in [1.29, 1.82) is 0 Å². The number of rotatable bonds is 13. The molecule has 0 spiro atoms. The monoisotopic (exact) mass is 587 g/mol. The molecule has 3 aromatic rings. The molecule has 0 aromatic heterocycles. The molecule has 0 aliphatic carbocycles. The minimum Gasteiger partial charge on any atom is -0.494 e. The number of anilines is 1. The summed E-state index contributed by atoms with van der Waals surface area (Å²) in [6.45, 7) is 7.23. The molecule has 0 heterocycles. The van der Waals surface area contributed by atoms with Gasteiger partial charge >= 0.3 is 0 Å². The topological polar surface area (TPSA) is 96.0 Å². The zero-order chi connectivity index (χ0) is 30.2. The molecule has 220 valence electrons. The third-order valence-corrected chi connectivity index (χ3v) is 8.02. The fraction of sp³-hybridized carbons (Fsp3) is 0.333. The van der Waals surface area contributed by atoms with Crippen LogP contribution in [0, 0.1) is 17.6 Å². The summed E-state index contributed by atoms with van der Waals surface area (Å²) in [5.74, 6) is -1.49. The van der Waals surface area contributed by atoms with Crippen molar-refractivity contribution < 1.29 is 31.5 Å². The molecule has 0 bridgehead atoms. The summed E-state index contributed by atoms with van der Waals surface area (Å²) in [6.07, 6.45) is 0. The number of hydrogen-bond donors (Lipinski definition) is 1.